The summed E-state index contributed by atoms with van der Waals surface area (Å²) >= 11 is 5.33. The van der Waals surface area contributed by atoms with E-state index in [1.165, 1.54) is 0 Å². The molecule has 0 spiro atoms. The summed E-state index contributed by atoms with van der Waals surface area (Å²) < 4.78 is 6.33. The zero-order valence-corrected chi connectivity index (χ0v) is 10.9. The summed E-state index contributed by atoms with van der Waals surface area (Å²) in [6, 6.07) is 1.10. The third kappa shape index (κ3) is 2.26. The van der Waals surface area contributed by atoms with Gasteiger partial charge in [-0.15, -0.1) is 0 Å². The van der Waals surface area contributed by atoms with Gasteiger partial charge < -0.3 is 20.7 Å². The summed E-state index contributed by atoms with van der Waals surface area (Å²) in [4.78, 5) is 24.9. The van der Waals surface area contributed by atoms with Crippen LogP contribution < -0.4 is 17.0 Å². The number of nitrogens with zero attached hydrogens (tertiary/aromatic N) is 1. The monoisotopic (exact) mass is 301 g/mol. The van der Waals surface area contributed by atoms with Crippen LogP contribution >= 0.6 is 11.6 Å². The van der Waals surface area contributed by atoms with Gasteiger partial charge in [0.25, 0.3) is 5.56 Å². The maximum Gasteiger partial charge on any atom is 0.330 e. The van der Waals surface area contributed by atoms with Crippen LogP contribution in [0.2, 0.25) is 0 Å². The predicted molar refractivity (Wildman–Crippen MR) is 68.9 cm³/mol. The highest BCUT2D eigenvalue weighted by atomic mass is 35.5. The normalized spacial score (nSPS) is 32.7. The number of aromatic amines is 1. The number of rotatable bonds is 2. The summed E-state index contributed by atoms with van der Waals surface area (Å²) in [6.07, 6.45) is -2.43. The largest absolute Gasteiger partial charge is 0.394 e. The van der Waals surface area contributed by atoms with E-state index in [0.29, 0.717) is 0 Å². The molecule has 1 saturated heterocycles. The van der Waals surface area contributed by atoms with Crippen molar-refractivity contribution < 1.29 is 14.9 Å². The minimum atomic E-state index is -1.70. The number of halogens is 1. The zero-order valence-electron chi connectivity index (χ0n) is 10.1. The highest BCUT2D eigenvalue weighted by Crippen LogP contribution is 2.35. The molecule has 0 aromatic carbocycles. The van der Waals surface area contributed by atoms with Gasteiger partial charge in [0, 0.05) is 17.6 Å². The lowest BCUT2D eigenvalue weighted by molar-refractivity contribution is -0.0477. The second-order valence-electron chi connectivity index (χ2n) is 4.32. The molecular weight excluding hydrogens is 290 g/mol. The third-order valence-electron chi connectivity index (χ3n) is 3.10. The lowest BCUT2D eigenvalue weighted by atomic mass is 9.92. The van der Waals surface area contributed by atoms with Crippen LogP contribution in [0, 0.1) is 11.3 Å². The van der Waals surface area contributed by atoms with E-state index in [0.717, 1.165) is 16.8 Å². The number of nitrogens with two attached hydrogens (primary N) is 1. The number of aliphatic hydroxyl groups is 2. The molecule has 1 unspecified atom stereocenters. The van der Waals surface area contributed by atoms with Gasteiger partial charge in [-0.05, 0) is 11.6 Å². The Morgan fingerprint density at radius 2 is 2.30 bits per heavy atom. The SMILES string of the molecule is N[C@]1(C#CCl)C(O)[C@@H](CO)O[C@H]1n1ccc(=O)[nH]c1=O. The van der Waals surface area contributed by atoms with E-state index in [2.05, 4.69) is 5.92 Å². The highest BCUT2D eigenvalue weighted by Gasteiger charge is 2.54. The molecule has 0 saturated carbocycles. The van der Waals surface area contributed by atoms with E-state index in [1.54, 1.807) is 0 Å². The molecule has 0 aliphatic carbocycles. The van der Waals surface area contributed by atoms with Gasteiger partial charge in [0.15, 0.2) is 11.8 Å². The highest BCUT2D eigenvalue weighted by molar-refractivity contribution is 6.30. The molecule has 1 aromatic heterocycles. The molecule has 1 aliphatic rings. The second kappa shape index (κ2) is 5.40. The molecule has 0 radical (unpaired) electrons. The lowest BCUT2D eigenvalue weighted by Crippen LogP contribution is -2.55. The Morgan fingerprint density at radius 3 is 2.85 bits per heavy atom. The molecule has 4 atom stereocenters. The first-order valence-corrected chi connectivity index (χ1v) is 5.99. The molecule has 9 heteroatoms. The van der Waals surface area contributed by atoms with Gasteiger partial charge in [0.1, 0.15) is 12.2 Å². The number of aliphatic hydroxyl groups excluding tert-OH is 2. The van der Waals surface area contributed by atoms with E-state index in [-0.39, 0.29) is 0 Å². The summed E-state index contributed by atoms with van der Waals surface area (Å²) in [7, 11) is 0. The average Bonchev–Trinajstić information content (AvgIpc) is 2.63. The Labute approximate surface area is 117 Å². The Kier molecular flexibility index (Phi) is 3.99. The van der Waals surface area contributed by atoms with Gasteiger partial charge in [-0.1, -0.05) is 5.92 Å². The van der Waals surface area contributed by atoms with Crippen molar-refractivity contribution in [3.63, 3.8) is 0 Å². The van der Waals surface area contributed by atoms with Crippen molar-refractivity contribution in [1.82, 2.24) is 9.55 Å². The third-order valence-corrected chi connectivity index (χ3v) is 3.20. The van der Waals surface area contributed by atoms with Crippen LogP contribution in [0.3, 0.4) is 0 Å². The maximum atomic E-state index is 11.8. The number of H-pyrrole nitrogens is 1. The fraction of sp³-hybridized carbons (Fsp3) is 0.455. The van der Waals surface area contributed by atoms with Gasteiger partial charge in [-0.25, -0.2) is 4.79 Å². The molecule has 1 fully saturated rings. The quantitative estimate of drug-likeness (QED) is 0.454. The van der Waals surface area contributed by atoms with E-state index in [9.17, 15) is 14.7 Å². The summed E-state index contributed by atoms with van der Waals surface area (Å²) in [6.45, 7) is -0.515. The molecule has 1 aromatic rings. The first-order valence-electron chi connectivity index (χ1n) is 5.61. The van der Waals surface area contributed by atoms with Gasteiger partial charge in [-0.2, -0.15) is 0 Å². The molecular formula is C11H12ClN3O5. The van der Waals surface area contributed by atoms with Crippen LogP contribution in [-0.4, -0.2) is 44.1 Å². The van der Waals surface area contributed by atoms with Crippen LogP contribution in [0.25, 0.3) is 0 Å². The minimum absolute atomic E-state index is 0.515. The first-order chi connectivity index (χ1) is 9.43. The van der Waals surface area contributed by atoms with Crippen molar-refractivity contribution in [2.75, 3.05) is 6.61 Å². The van der Waals surface area contributed by atoms with Crippen molar-refractivity contribution in [2.24, 2.45) is 5.73 Å². The Balaban J connectivity index is 2.55. The number of ether oxygens (including phenoxy) is 1. The number of hydrogen-bond donors (Lipinski definition) is 4. The molecule has 2 rings (SSSR count). The molecule has 5 N–H and O–H groups in total. The van der Waals surface area contributed by atoms with Crippen molar-refractivity contribution in [3.05, 3.63) is 33.1 Å². The second-order valence-corrected chi connectivity index (χ2v) is 4.51. The van der Waals surface area contributed by atoms with E-state index in [1.807, 2.05) is 10.4 Å². The Hall–Kier alpha value is -1.63. The summed E-state index contributed by atoms with van der Waals surface area (Å²) in [5.41, 5.74) is 2.90. The van der Waals surface area contributed by atoms with Crippen LogP contribution in [0.1, 0.15) is 6.23 Å². The molecule has 0 bridgehead atoms. The Morgan fingerprint density at radius 1 is 1.60 bits per heavy atom. The van der Waals surface area contributed by atoms with Gasteiger partial charge in [0.2, 0.25) is 0 Å². The van der Waals surface area contributed by atoms with Crippen molar-refractivity contribution in [2.45, 2.75) is 24.0 Å². The van der Waals surface area contributed by atoms with E-state index < -0.39 is 41.8 Å². The smallest absolute Gasteiger partial charge is 0.330 e. The summed E-state index contributed by atoms with van der Waals surface area (Å²) in [5, 5.41) is 21.2. The average molecular weight is 302 g/mol. The van der Waals surface area contributed by atoms with Crippen molar-refractivity contribution in [3.8, 4) is 11.3 Å². The van der Waals surface area contributed by atoms with E-state index >= 15 is 0 Å². The molecule has 8 nitrogen and oxygen atoms in total. The van der Waals surface area contributed by atoms with Gasteiger partial charge >= 0.3 is 5.69 Å². The first kappa shape index (κ1) is 14.8. The van der Waals surface area contributed by atoms with Crippen LogP contribution in [0.15, 0.2) is 21.9 Å². The topological polar surface area (TPSA) is 131 Å². The fourth-order valence-corrected chi connectivity index (χ4v) is 2.24. The maximum absolute atomic E-state index is 11.8. The van der Waals surface area contributed by atoms with Crippen LogP contribution in [0.5, 0.6) is 0 Å². The molecule has 108 valence electrons. The van der Waals surface area contributed by atoms with E-state index in [4.69, 9.17) is 27.2 Å². The lowest BCUT2D eigenvalue weighted by Gasteiger charge is -2.27. The number of aromatic nitrogens is 2. The van der Waals surface area contributed by atoms with Gasteiger partial charge in [0.05, 0.1) is 6.61 Å². The van der Waals surface area contributed by atoms with Gasteiger partial charge in [-0.3, -0.25) is 14.3 Å². The predicted octanol–water partition coefficient (Wildman–Crippen LogP) is -2.32. The summed E-state index contributed by atoms with van der Waals surface area (Å²) in [5.74, 6) is 2.38. The standard InChI is InChI=1S/C11H12ClN3O5/c12-3-2-11(13)8(18)6(5-16)20-9(11)15-4-1-7(17)14-10(15)19/h1,4,6,8-9,16,18H,5,13H2,(H,14,17,19)/t6-,8?,9-,11-/m1/s1. The molecule has 0 amide bonds. The minimum Gasteiger partial charge on any atom is -0.394 e. The molecule has 20 heavy (non-hydrogen) atoms. The van der Waals surface area contributed by atoms with Crippen LogP contribution in [-0.2, 0) is 4.74 Å². The van der Waals surface area contributed by atoms with Crippen molar-refractivity contribution in [1.29, 1.82) is 0 Å². The number of nitrogens with one attached hydrogen (secondary N) is 1. The molecule has 2 heterocycles. The number of hydrogen-bond acceptors (Lipinski definition) is 6. The van der Waals surface area contributed by atoms with Crippen LogP contribution in [0.4, 0.5) is 0 Å². The fourth-order valence-electron chi connectivity index (χ4n) is 2.07. The molecule has 1 aliphatic heterocycles. The van der Waals surface area contributed by atoms with Crippen molar-refractivity contribution >= 4 is 11.6 Å². The zero-order chi connectivity index (χ0) is 14.9. The Bertz CT molecular complexity index is 675.